The second-order valence-electron chi connectivity index (χ2n) is 17.0. The Morgan fingerprint density at radius 3 is 1.15 bits per heavy atom. The van der Waals surface area contributed by atoms with Gasteiger partial charge in [-0.2, -0.15) is 35.3 Å². The molecule has 4 atom stereocenters. The van der Waals surface area contributed by atoms with Crippen molar-refractivity contribution in [2.24, 2.45) is 17.8 Å². The number of carbonyl (C=O) groups excluding carboxylic acids is 6. The summed E-state index contributed by atoms with van der Waals surface area (Å²) in [5.41, 5.74) is 0. The topological polar surface area (TPSA) is 112 Å². The Morgan fingerprint density at radius 2 is 0.836 bits per heavy atom. The first-order valence-corrected chi connectivity index (χ1v) is 23.1. The van der Waals surface area contributed by atoms with Gasteiger partial charge in [-0.1, -0.05) is 104 Å². The number of likely N-dealkylation sites (N-methyl/N-ethyl adjacent to an activating group) is 3. The molecule has 0 bridgehead atoms. The van der Waals surface area contributed by atoms with Crippen molar-refractivity contribution >= 4 is 70.4 Å². The molecule has 0 rings (SSSR count). The number of hydrogen-bond donors (Lipinski definition) is 0. The van der Waals surface area contributed by atoms with Crippen LogP contribution in [0.25, 0.3) is 0 Å². The van der Waals surface area contributed by atoms with Gasteiger partial charge in [0.2, 0.25) is 17.7 Å². The molecular formula is C43H83N3O6S3. The first-order chi connectivity index (χ1) is 24.9. The molecule has 0 aromatic rings. The zero-order chi connectivity index (χ0) is 44.1. The number of rotatable bonds is 22. The second kappa shape index (κ2) is 28.8. The van der Waals surface area contributed by atoms with Crippen LogP contribution in [0.2, 0.25) is 0 Å². The van der Waals surface area contributed by atoms with Gasteiger partial charge in [0.05, 0.1) is 18.1 Å². The van der Waals surface area contributed by atoms with Crippen LogP contribution in [0.1, 0.15) is 150 Å². The van der Waals surface area contributed by atoms with Crippen LogP contribution < -0.4 is 0 Å². The minimum absolute atomic E-state index is 0.0229. The van der Waals surface area contributed by atoms with E-state index in [0.717, 1.165) is 12.2 Å². The van der Waals surface area contributed by atoms with Gasteiger partial charge in [-0.3, -0.25) is 28.8 Å². The summed E-state index contributed by atoms with van der Waals surface area (Å²) in [6.07, 6.45) is 2.36. The predicted octanol–water partition coefficient (Wildman–Crippen LogP) is 9.33. The van der Waals surface area contributed by atoms with Crippen LogP contribution in [0.4, 0.5) is 0 Å². The minimum atomic E-state index is -0.340. The fourth-order valence-electron chi connectivity index (χ4n) is 5.43. The molecule has 0 heterocycles. The van der Waals surface area contributed by atoms with E-state index in [-0.39, 0.29) is 75.7 Å². The zero-order valence-corrected chi connectivity index (χ0v) is 41.3. The highest BCUT2D eigenvalue weighted by Crippen LogP contribution is 2.32. The molecule has 324 valence electrons. The van der Waals surface area contributed by atoms with Gasteiger partial charge >= 0.3 is 0 Å². The van der Waals surface area contributed by atoms with E-state index in [1.165, 1.54) is 0 Å². The molecule has 12 heteroatoms. The first-order valence-electron chi connectivity index (χ1n) is 20.2. The van der Waals surface area contributed by atoms with Crippen molar-refractivity contribution in [3.05, 3.63) is 0 Å². The predicted molar refractivity (Wildman–Crippen MR) is 241 cm³/mol. The highest BCUT2D eigenvalue weighted by atomic mass is 32.2. The van der Waals surface area contributed by atoms with Gasteiger partial charge in [0.25, 0.3) is 0 Å². The summed E-state index contributed by atoms with van der Waals surface area (Å²) in [6.45, 7) is 35.8. The fraction of sp³-hybridized carbons (Fsp3) is 0.860. The third-order valence-corrected chi connectivity index (χ3v) is 12.6. The highest BCUT2D eigenvalue weighted by Gasteiger charge is 2.30. The quantitative estimate of drug-likeness (QED) is 0.105. The van der Waals surface area contributed by atoms with Crippen LogP contribution in [0.5, 0.6) is 0 Å². The molecule has 0 N–H and O–H groups in total. The van der Waals surface area contributed by atoms with Crippen LogP contribution in [0.15, 0.2) is 0 Å². The lowest BCUT2D eigenvalue weighted by Crippen LogP contribution is -2.43. The molecule has 0 aliphatic carbocycles. The molecule has 0 aliphatic rings. The average Bonchev–Trinajstić information content (AvgIpc) is 3.06. The van der Waals surface area contributed by atoms with E-state index in [1.807, 2.05) is 67.2 Å². The van der Waals surface area contributed by atoms with E-state index >= 15 is 0 Å². The maximum Gasteiger partial charge on any atom is 0.224 e. The van der Waals surface area contributed by atoms with E-state index in [9.17, 15) is 28.8 Å². The monoisotopic (exact) mass is 834 g/mol. The summed E-state index contributed by atoms with van der Waals surface area (Å²) < 4.78 is -0.0971. The van der Waals surface area contributed by atoms with E-state index < -0.39 is 0 Å². The van der Waals surface area contributed by atoms with E-state index in [0.29, 0.717) is 40.3 Å². The summed E-state index contributed by atoms with van der Waals surface area (Å²) >= 11 is 5.46. The molecule has 3 amide bonds. The molecule has 0 saturated heterocycles. The van der Waals surface area contributed by atoms with Crippen LogP contribution in [0.3, 0.4) is 0 Å². The third-order valence-electron chi connectivity index (χ3n) is 9.03. The van der Waals surface area contributed by atoms with Gasteiger partial charge in [-0.25, -0.2) is 0 Å². The number of amides is 3. The molecule has 0 aromatic carbocycles. The van der Waals surface area contributed by atoms with Gasteiger partial charge in [0.15, 0.2) is 17.3 Å². The molecule has 9 nitrogen and oxygen atoms in total. The van der Waals surface area contributed by atoms with Crippen molar-refractivity contribution in [2.45, 2.75) is 194 Å². The van der Waals surface area contributed by atoms with Crippen LogP contribution >= 0.6 is 35.3 Å². The number of ketones is 3. The SMILES string of the molecule is CC(C)SC(C)(C)CC(=O)N(C)C(C)C(=O)C(C)C.CC(C)SC(C)CCC(=O)N(C)C(C)C(=O)C(C)C.CC(C)SCCC(=O)N(C)C(C)C(=O)C(C)C. The van der Waals surface area contributed by atoms with Crippen molar-refractivity contribution in [3.8, 4) is 0 Å². The molecule has 0 spiro atoms. The van der Waals surface area contributed by atoms with Crippen molar-refractivity contribution in [2.75, 3.05) is 26.9 Å². The van der Waals surface area contributed by atoms with Crippen molar-refractivity contribution < 1.29 is 28.8 Å². The van der Waals surface area contributed by atoms with E-state index in [1.54, 1.807) is 66.3 Å². The number of Topliss-reactive ketones (excluding diaryl/α,β-unsaturated/α-hetero) is 3. The average molecular weight is 834 g/mol. The standard InChI is InChI=1S/2C15H29NO2S.C13H25NO2S/c1-10(2)14(18)12(5)16(8)13(17)9-15(6,7)19-11(3)4;1-10(2)15(18)13(6)16(7)14(17)9-8-12(5)19-11(3)4;1-9(2)13(16)11(5)14(6)12(15)7-8-17-10(3)4/h10-12H,9H2,1-8H3;10-13H,8-9H2,1-7H3;9-11H,7-8H2,1-6H3. The van der Waals surface area contributed by atoms with Crippen LogP contribution in [-0.4, -0.2) is 121 Å². The molecule has 0 aliphatic heterocycles. The molecule has 0 fully saturated rings. The summed E-state index contributed by atoms with van der Waals surface area (Å²) in [5, 5.41) is 2.10. The lowest BCUT2D eigenvalue weighted by atomic mass is 10.0. The van der Waals surface area contributed by atoms with Crippen LogP contribution in [-0.2, 0) is 28.8 Å². The molecule has 0 aromatic heterocycles. The molecule has 0 radical (unpaired) electrons. The third kappa shape index (κ3) is 26.2. The van der Waals surface area contributed by atoms with Crippen molar-refractivity contribution in [3.63, 3.8) is 0 Å². The maximum absolute atomic E-state index is 12.3. The lowest BCUT2D eigenvalue weighted by Gasteiger charge is -2.31. The highest BCUT2D eigenvalue weighted by molar-refractivity contribution is 8.01. The Kier molecular flexibility index (Phi) is 30.3. The number of thioether (sulfide) groups is 3. The first kappa shape index (κ1) is 57.8. The summed E-state index contributed by atoms with van der Waals surface area (Å²) in [5.74, 6) is 1.26. The summed E-state index contributed by atoms with van der Waals surface area (Å²) in [6, 6.07) is -0.973. The normalized spacial score (nSPS) is 13.8. The molecular weight excluding hydrogens is 751 g/mol. The largest absolute Gasteiger partial charge is 0.336 e. The number of carbonyl (C=O) groups is 6. The molecule has 0 saturated carbocycles. The van der Waals surface area contributed by atoms with E-state index in [4.69, 9.17) is 0 Å². The molecule has 4 unspecified atom stereocenters. The van der Waals surface area contributed by atoms with Gasteiger partial charge in [0, 0.05) is 73.9 Å². The summed E-state index contributed by atoms with van der Waals surface area (Å²) in [4.78, 5) is 76.5. The Hall–Kier alpha value is -1.53. The van der Waals surface area contributed by atoms with Gasteiger partial charge in [0.1, 0.15) is 0 Å². The maximum atomic E-state index is 12.3. The van der Waals surface area contributed by atoms with Gasteiger partial charge < -0.3 is 14.7 Å². The van der Waals surface area contributed by atoms with Crippen LogP contribution in [0, 0.1) is 17.8 Å². The van der Waals surface area contributed by atoms with E-state index in [2.05, 4.69) is 62.3 Å². The van der Waals surface area contributed by atoms with Gasteiger partial charge in [-0.15, -0.1) is 0 Å². The zero-order valence-electron chi connectivity index (χ0n) is 38.8. The number of nitrogens with zero attached hydrogens (tertiary/aromatic N) is 3. The lowest BCUT2D eigenvalue weighted by molar-refractivity contribution is -0.139. The Balaban J connectivity index is -0.000000739. The molecule has 55 heavy (non-hydrogen) atoms. The fourth-order valence-corrected chi connectivity index (χ4v) is 8.86. The number of hydrogen-bond acceptors (Lipinski definition) is 9. The Morgan fingerprint density at radius 1 is 0.491 bits per heavy atom. The Labute approximate surface area is 351 Å². The second-order valence-corrected chi connectivity index (χ2v) is 23.0. The minimum Gasteiger partial charge on any atom is -0.336 e. The van der Waals surface area contributed by atoms with Crippen molar-refractivity contribution in [1.82, 2.24) is 14.7 Å². The van der Waals surface area contributed by atoms with Crippen molar-refractivity contribution in [1.29, 1.82) is 0 Å². The Bertz CT molecular complexity index is 1170. The van der Waals surface area contributed by atoms with Gasteiger partial charge in [-0.05, 0) is 42.9 Å². The summed E-state index contributed by atoms with van der Waals surface area (Å²) in [7, 11) is 5.17. The smallest absolute Gasteiger partial charge is 0.224 e.